The summed E-state index contributed by atoms with van der Waals surface area (Å²) >= 11 is 0. The molecule has 0 radical (unpaired) electrons. The minimum atomic E-state index is -0.430. The van der Waals surface area contributed by atoms with Crippen LogP contribution in [0.15, 0.2) is 18.5 Å². The Balaban J connectivity index is 2.23. The Hall–Kier alpha value is -3.50. The van der Waals surface area contributed by atoms with E-state index in [1.165, 1.54) is 0 Å². The summed E-state index contributed by atoms with van der Waals surface area (Å²) in [5.41, 5.74) is 4.43. The van der Waals surface area contributed by atoms with Crippen LogP contribution in [0.25, 0.3) is 21.8 Å². The van der Waals surface area contributed by atoms with Crippen LogP contribution in [0.4, 0.5) is 11.4 Å². The first kappa shape index (κ1) is 30.0. The van der Waals surface area contributed by atoms with Gasteiger partial charge in [0, 0.05) is 41.8 Å². The Morgan fingerprint density at radius 1 is 0.769 bits per heavy atom. The smallest absolute Gasteiger partial charge is 0.341 e. The number of nitrogens with zero attached hydrogens (tertiary/aromatic N) is 4. The fourth-order valence-electron chi connectivity index (χ4n) is 4.51. The topological polar surface area (TPSA) is 109 Å². The summed E-state index contributed by atoms with van der Waals surface area (Å²) in [6.07, 6.45) is 4.92. The van der Waals surface area contributed by atoms with Gasteiger partial charge in [0.2, 0.25) is 0 Å². The number of rotatable bonds is 14. The van der Waals surface area contributed by atoms with Gasteiger partial charge >= 0.3 is 11.9 Å². The van der Waals surface area contributed by atoms with Gasteiger partial charge in [0.05, 0.1) is 35.6 Å². The molecule has 0 fully saturated rings. The zero-order valence-electron chi connectivity index (χ0n) is 24.3. The molecule has 0 saturated heterocycles. The van der Waals surface area contributed by atoms with Gasteiger partial charge in [0.1, 0.15) is 11.1 Å². The Kier molecular flexibility index (Phi) is 10.8. The zero-order chi connectivity index (χ0) is 28.5. The third-order valence-electron chi connectivity index (χ3n) is 6.39. The first-order chi connectivity index (χ1) is 18.7. The maximum absolute atomic E-state index is 12.9. The molecule has 0 spiro atoms. The first-order valence-corrected chi connectivity index (χ1v) is 13.6. The van der Waals surface area contributed by atoms with Crippen LogP contribution < -0.4 is 10.6 Å². The SMILES string of the molecule is CCOC(=O)c1cnc2c(C)c3ncc(C(=O)OCC)c(NCCCN(C)C)c3cc2c1NCCCN(C)C. The van der Waals surface area contributed by atoms with Gasteiger partial charge in [-0.25, -0.2) is 9.59 Å². The largest absolute Gasteiger partial charge is 0.462 e. The molecule has 0 amide bonds. The summed E-state index contributed by atoms with van der Waals surface area (Å²) in [6.45, 7) is 9.19. The van der Waals surface area contributed by atoms with Crippen molar-refractivity contribution in [3.63, 3.8) is 0 Å². The molecule has 2 N–H and O–H groups in total. The lowest BCUT2D eigenvalue weighted by Gasteiger charge is -2.19. The van der Waals surface area contributed by atoms with Crippen molar-refractivity contribution in [1.29, 1.82) is 0 Å². The number of aromatic nitrogens is 2. The first-order valence-electron chi connectivity index (χ1n) is 13.6. The summed E-state index contributed by atoms with van der Waals surface area (Å²) < 4.78 is 10.7. The second-order valence-electron chi connectivity index (χ2n) is 10.00. The summed E-state index contributed by atoms with van der Waals surface area (Å²) in [6, 6.07) is 1.96. The van der Waals surface area contributed by atoms with Crippen molar-refractivity contribution in [3.05, 3.63) is 35.2 Å². The number of benzene rings is 1. The van der Waals surface area contributed by atoms with Gasteiger partial charge in [-0.15, -0.1) is 0 Å². The van der Waals surface area contributed by atoms with Crippen LogP contribution in [0, 0.1) is 6.92 Å². The standard InChI is InChI=1S/C29H42N6O4/c1-8-38-28(36)22-17-32-24-19(3)25-21(16-20(24)26(22)30-12-10-14-34(4)5)27(31-13-11-15-35(6)7)23(18-33-25)29(37)39-9-2/h16-18H,8-15H2,1-7H3,(H,30,32)(H,31,33). The number of ether oxygens (including phenoxy) is 2. The quantitative estimate of drug-likeness (QED) is 0.176. The molecule has 1 aromatic carbocycles. The molecule has 39 heavy (non-hydrogen) atoms. The number of nitrogens with one attached hydrogen (secondary N) is 2. The van der Waals surface area contributed by atoms with E-state index in [9.17, 15) is 9.59 Å². The predicted molar refractivity (Wildman–Crippen MR) is 157 cm³/mol. The van der Waals surface area contributed by atoms with Gasteiger partial charge in [-0.2, -0.15) is 0 Å². The molecule has 0 bridgehead atoms. The van der Waals surface area contributed by atoms with Crippen molar-refractivity contribution < 1.29 is 19.1 Å². The Morgan fingerprint density at radius 3 is 1.54 bits per heavy atom. The number of carbonyl (C=O) groups excluding carboxylic acids is 2. The van der Waals surface area contributed by atoms with Crippen molar-refractivity contribution in [2.45, 2.75) is 33.6 Å². The second-order valence-corrected chi connectivity index (χ2v) is 10.00. The predicted octanol–water partition coefficient (Wildman–Crippen LogP) is 4.17. The third-order valence-corrected chi connectivity index (χ3v) is 6.39. The zero-order valence-corrected chi connectivity index (χ0v) is 24.3. The number of carbonyl (C=O) groups is 2. The van der Waals surface area contributed by atoms with Crippen LogP contribution in [0.5, 0.6) is 0 Å². The van der Waals surface area contributed by atoms with Crippen LogP contribution in [-0.2, 0) is 9.47 Å². The highest BCUT2D eigenvalue weighted by Gasteiger charge is 2.22. The van der Waals surface area contributed by atoms with Crippen molar-refractivity contribution >= 4 is 45.1 Å². The van der Waals surface area contributed by atoms with Gasteiger partial charge in [-0.1, -0.05) is 0 Å². The number of hydrogen-bond acceptors (Lipinski definition) is 10. The average Bonchev–Trinajstić information content (AvgIpc) is 2.89. The lowest BCUT2D eigenvalue weighted by molar-refractivity contribution is 0.0517. The van der Waals surface area contributed by atoms with E-state index in [1.807, 2.05) is 41.2 Å². The van der Waals surface area contributed by atoms with Crippen LogP contribution in [0.1, 0.15) is 53.0 Å². The Bertz CT molecular complexity index is 1210. The van der Waals surface area contributed by atoms with E-state index >= 15 is 0 Å². The summed E-state index contributed by atoms with van der Waals surface area (Å²) in [5, 5.41) is 8.50. The van der Waals surface area contributed by atoms with Crippen molar-refractivity contribution in [3.8, 4) is 0 Å². The van der Waals surface area contributed by atoms with E-state index in [2.05, 4.69) is 30.4 Å². The number of aryl methyl sites for hydroxylation is 1. The highest BCUT2D eigenvalue weighted by atomic mass is 16.5. The average molecular weight is 539 g/mol. The van der Waals surface area contributed by atoms with Crippen molar-refractivity contribution in [2.24, 2.45) is 0 Å². The van der Waals surface area contributed by atoms with E-state index in [1.54, 1.807) is 26.2 Å². The van der Waals surface area contributed by atoms with E-state index in [0.717, 1.165) is 53.3 Å². The molecular formula is C29H42N6O4. The molecule has 0 saturated carbocycles. The van der Waals surface area contributed by atoms with Crippen molar-refractivity contribution in [2.75, 3.05) is 78.2 Å². The van der Waals surface area contributed by atoms with Gasteiger partial charge < -0.3 is 29.9 Å². The fourth-order valence-corrected chi connectivity index (χ4v) is 4.51. The van der Waals surface area contributed by atoms with Gasteiger partial charge in [0.25, 0.3) is 0 Å². The van der Waals surface area contributed by atoms with Crippen molar-refractivity contribution in [1.82, 2.24) is 19.8 Å². The molecule has 0 aliphatic carbocycles. The second kappa shape index (κ2) is 14.0. The summed E-state index contributed by atoms with van der Waals surface area (Å²) in [7, 11) is 8.12. The lowest BCUT2D eigenvalue weighted by atomic mass is 9.99. The Labute approximate surface area is 231 Å². The molecule has 0 aliphatic heterocycles. The molecule has 212 valence electrons. The molecule has 0 aliphatic rings. The van der Waals surface area contributed by atoms with E-state index in [0.29, 0.717) is 35.6 Å². The van der Waals surface area contributed by atoms with Crippen LogP contribution in [-0.4, -0.2) is 99.3 Å². The monoisotopic (exact) mass is 538 g/mol. The molecular weight excluding hydrogens is 496 g/mol. The van der Waals surface area contributed by atoms with Crippen LogP contribution in [0.3, 0.4) is 0 Å². The number of pyridine rings is 2. The maximum Gasteiger partial charge on any atom is 0.341 e. The molecule has 3 aromatic rings. The molecule has 0 atom stereocenters. The molecule has 0 unspecified atom stereocenters. The number of fused-ring (bicyclic) bond motifs is 2. The Morgan fingerprint density at radius 2 is 1.18 bits per heavy atom. The summed E-state index contributed by atoms with van der Waals surface area (Å²) in [5.74, 6) is -0.861. The molecule has 2 aromatic heterocycles. The number of hydrogen-bond donors (Lipinski definition) is 2. The van der Waals surface area contributed by atoms with Crippen LogP contribution in [0.2, 0.25) is 0 Å². The van der Waals surface area contributed by atoms with Gasteiger partial charge in [-0.05, 0) is 81.0 Å². The summed E-state index contributed by atoms with van der Waals surface area (Å²) in [4.78, 5) is 39.4. The molecule has 10 nitrogen and oxygen atoms in total. The highest BCUT2D eigenvalue weighted by molar-refractivity contribution is 6.14. The number of anilines is 2. The van der Waals surface area contributed by atoms with Gasteiger partial charge in [0.15, 0.2) is 0 Å². The van der Waals surface area contributed by atoms with E-state index in [4.69, 9.17) is 9.47 Å². The molecule has 3 rings (SSSR count). The highest BCUT2D eigenvalue weighted by Crippen LogP contribution is 2.37. The van der Waals surface area contributed by atoms with Gasteiger partial charge in [-0.3, -0.25) is 9.97 Å². The molecule has 10 heteroatoms. The number of esters is 2. The van der Waals surface area contributed by atoms with E-state index < -0.39 is 11.9 Å². The minimum Gasteiger partial charge on any atom is -0.462 e. The van der Waals surface area contributed by atoms with E-state index in [-0.39, 0.29) is 13.2 Å². The normalized spacial score (nSPS) is 11.4. The fraction of sp³-hybridized carbons (Fsp3) is 0.517. The lowest BCUT2D eigenvalue weighted by Crippen LogP contribution is -2.18. The third kappa shape index (κ3) is 7.33. The molecule has 2 heterocycles. The van der Waals surface area contributed by atoms with Crippen LogP contribution >= 0.6 is 0 Å². The minimum absolute atomic E-state index is 0.265. The maximum atomic E-state index is 12.9.